The predicted molar refractivity (Wildman–Crippen MR) is 47.4 cm³/mol. The van der Waals surface area contributed by atoms with E-state index in [1.807, 2.05) is 0 Å². The van der Waals surface area contributed by atoms with Crippen molar-refractivity contribution in [3.63, 3.8) is 0 Å². The van der Waals surface area contributed by atoms with E-state index in [1.54, 1.807) is 0 Å². The van der Waals surface area contributed by atoms with Crippen molar-refractivity contribution in [2.24, 2.45) is 10.4 Å². The molecule has 0 aliphatic rings. The number of hydrogen-bond acceptors (Lipinski definition) is 4. The Labute approximate surface area is 77.4 Å². The summed E-state index contributed by atoms with van der Waals surface area (Å²) in [7, 11) is 0. The molecule has 0 atom stereocenters. The molecule has 0 radical (unpaired) electrons. The standard InChI is InChI=1S/C6H2Cl2N2O2/c7-3-1-4(8)6(10-12)2-5(3)9-11/h1-2H. The Kier molecular flexibility index (Phi) is 2.73. The zero-order chi connectivity index (χ0) is 9.14. The Bertz CT molecular complexity index is 311. The first kappa shape index (κ1) is 9.09. The number of nitroso groups, excluding NO2 is 2. The third-order valence-corrected chi connectivity index (χ3v) is 1.82. The maximum Gasteiger partial charge on any atom is 0.128 e. The predicted octanol–water partition coefficient (Wildman–Crippen LogP) is 3.79. The van der Waals surface area contributed by atoms with Crippen LogP contribution in [0.2, 0.25) is 10.0 Å². The Morgan fingerprint density at radius 3 is 1.67 bits per heavy atom. The molecule has 62 valence electrons. The summed E-state index contributed by atoms with van der Waals surface area (Å²) in [5, 5.41) is 5.36. The summed E-state index contributed by atoms with van der Waals surface area (Å²) in [5.41, 5.74) is -0.0914. The van der Waals surface area contributed by atoms with E-state index in [4.69, 9.17) is 23.2 Å². The highest BCUT2D eigenvalue weighted by Crippen LogP contribution is 2.35. The smallest absolute Gasteiger partial charge is 0.128 e. The molecule has 0 aliphatic heterocycles. The minimum Gasteiger partial charge on any atom is -0.145 e. The van der Waals surface area contributed by atoms with Crippen LogP contribution in [0, 0.1) is 9.81 Å². The second-order valence-electron chi connectivity index (χ2n) is 1.94. The number of nitrogens with zero attached hydrogens (tertiary/aromatic N) is 2. The minimum atomic E-state index is -0.0457. The minimum absolute atomic E-state index is 0.0457. The molecule has 0 saturated heterocycles. The normalized spacial score (nSPS) is 9.50. The molecule has 0 aliphatic carbocycles. The first-order valence-electron chi connectivity index (χ1n) is 2.85. The van der Waals surface area contributed by atoms with E-state index in [9.17, 15) is 9.81 Å². The summed E-state index contributed by atoms with van der Waals surface area (Å²) in [6.07, 6.45) is 0. The quantitative estimate of drug-likeness (QED) is 0.689. The lowest BCUT2D eigenvalue weighted by molar-refractivity contribution is 1.44. The van der Waals surface area contributed by atoms with E-state index in [0.29, 0.717) is 0 Å². The van der Waals surface area contributed by atoms with Crippen molar-refractivity contribution < 1.29 is 0 Å². The van der Waals surface area contributed by atoms with Gasteiger partial charge in [-0.05, 0) is 22.5 Å². The highest BCUT2D eigenvalue weighted by Gasteiger charge is 2.07. The summed E-state index contributed by atoms with van der Waals surface area (Å²) in [6, 6.07) is 2.38. The fraction of sp³-hybridized carbons (Fsp3) is 0. The molecule has 0 spiro atoms. The highest BCUT2D eigenvalue weighted by atomic mass is 35.5. The van der Waals surface area contributed by atoms with E-state index >= 15 is 0 Å². The summed E-state index contributed by atoms with van der Waals surface area (Å²) in [5.74, 6) is 0. The van der Waals surface area contributed by atoms with Crippen LogP contribution < -0.4 is 0 Å². The average molecular weight is 205 g/mol. The second kappa shape index (κ2) is 3.60. The van der Waals surface area contributed by atoms with Crippen molar-refractivity contribution >= 4 is 34.6 Å². The van der Waals surface area contributed by atoms with Gasteiger partial charge in [0.15, 0.2) is 0 Å². The molecule has 12 heavy (non-hydrogen) atoms. The van der Waals surface area contributed by atoms with Gasteiger partial charge in [-0.3, -0.25) is 0 Å². The number of benzene rings is 1. The number of hydrogen-bond donors (Lipinski definition) is 0. The van der Waals surface area contributed by atoms with Gasteiger partial charge in [0.2, 0.25) is 0 Å². The van der Waals surface area contributed by atoms with E-state index < -0.39 is 0 Å². The number of rotatable bonds is 2. The molecule has 1 rings (SSSR count). The Balaban J connectivity index is 3.36. The van der Waals surface area contributed by atoms with Gasteiger partial charge in [0.1, 0.15) is 11.4 Å². The fourth-order valence-corrected chi connectivity index (χ4v) is 1.12. The van der Waals surface area contributed by atoms with Crippen LogP contribution in [0.1, 0.15) is 0 Å². The lowest BCUT2D eigenvalue weighted by atomic mass is 10.3. The van der Waals surface area contributed by atoms with Crippen molar-refractivity contribution in [3.05, 3.63) is 32.0 Å². The molecule has 1 aromatic rings. The fourth-order valence-electron chi connectivity index (χ4n) is 0.666. The molecule has 0 aromatic heterocycles. The van der Waals surface area contributed by atoms with Crippen LogP contribution in [0.15, 0.2) is 22.5 Å². The number of halogens is 2. The molecule has 0 N–H and O–H groups in total. The van der Waals surface area contributed by atoms with Crippen molar-refractivity contribution in [1.82, 2.24) is 0 Å². The SMILES string of the molecule is O=Nc1cc(N=O)c(Cl)cc1Cl. The van der Waals surface area contributed by atoms with Crippen molar-refractivity contribution in [1.29, 1.82) is 0 Å². The van der Waals surface area contributed by atoms with E-state index in [2.05, 4.69) is 10.4 Å². The summed E-state index contributed by atoms with van der Waals surface area (Å²) < 4.78 is 0. The highest BCUT2D eigenvalue weighted by molar-refractivity contribution is 6.37. The van der Waals surface area contributed by atoms with Gasteiger partial charge < -0.3 is 0 Å². The average Bonchev–Trinajstić information content (AvgIpc) is 2.05. The zero-order valence-electron chi connectivity index (χ0n) is 5.62. The largest absolute Gasteiger partial charge is 0.145 e. The maximum atomic E-state index is 10.1. The first-order chi connectivity index (χ1) is 5.69. The van der Waals surface area contributed by atoms with Crippen molar-refractivity contribution in [2.45, 2.75) is 0 Å². The van der Waals surface area contributed by atoms with Crippen LogP contribution in [-0.2, 0) is 0 Å². The Morgan fingerprint density at radius 1 is 0.917 bits per heavy atom. The van der Waals surface area contributed by atoms with Crippen LogP contribution in [0.3, 0.4) is 0 Å². The summed E-state index contributed by atoms with van der Waals surface area (Å²) >= 11 is 11.1. The van der Waals surface area contributed by atoms with Gasteiger partial charge in [0.25, 0.3) is 0 Å². The second-order valence-corrected chi connectivity index (χ2v) is 2.75. The molecule has 0 saturated carbocycles. The molecule has 0 unspecified atom stereocenters. The van der Waals surface area contributed by atoms with Crippen LogP contribution in [0.25, 0.3) is 0 Å². The molecular formula is C6H2Cl2N2O2. The van der Waals surface area contributed by atoms with Crippen LogP contribution in [-0.4, -0.2) is 0 Å². The van der Waals surface area contributed by atoms with E-state index in [-0.39, 0.29) is 21.4 Å². The third kappa shape index (κ3) is 1.60. The van der Waals surface area contributed by atoms with Crippen LogP contribution in [0.5, 0.6) is 0 Å². The molecular weight excluding hydrogens is 203 g/mol. The molecule has 0 heterocycles. The van der Waals surface area contributed by atoms with Gasteiger partial charge in [0.05, 0.1) is 10.0 Å². The Hall–Kier alpha value is -1.000. The van der Waals surface area contributed by atoms with Crippen molar-refractivity contribution in [3.8, 4) is 0 Å². The summed E-state index contributed by atoms with van der Waals surface area (Å²) in [4.78, 5) is 20.2. The van der Waals surface area contributed by atoms with E-state index in [0.717, 1.165) is 6.07 Å². The molecule has 0 fully saturated rings. The zero-order valence-corrected chi connectivity index (χ0v) is 7.13. The van der Waals surface area contributed by atoms with Crippen LogP contribution >= 0.6 is 23.2 Å². The lowest BCUT2D eigenvalue weighted by Crippen LogP contribution is -1.70. The molecule has 4 nitrogen and oxygen atoms in total. The van der Waals surface area contributed by atoms with Gasteiger partial charge in [-0.25, -0.2) is 0 Å². The summed E-state index contributed by atoms with van der Waals surface area (Å²) in [6.45, 7) is 0. The molecule has 0 bridgehead atoms. The van der Waals surface area contributed by atoms with Gasteiger partial charge in [-0.1, -0.05) is 23.2 Å². The van der Waals surface area contributed by atoms with Gasteiger partial charge in [-0.2, -0.15) is 0 Å². The molecule has 1 aromatic carbocycles. The first-order valence-corrected chi connectivity index (χ1v) is 3.60. The topological polar surface area (TPSA) is 58.9 Å². The van der Waals surface area contributed by atoms with Gasteiger partial charge in [-0.15, -0.1) is 9.81 Å². The third-order valence-electron chi connectivity index (χ3n) is 1.21. The van der Waals surface area contributed by atoms with Crippen molar-refractivity contribution in [2.75, 3.05) is 0 Å². The van der Waals surface area contributed by atoms with Gasteiger partial charge in [0, 0.05) is 0 Å². The lowest BCUT2D eigenvalue weighted by Gasteiger charge is -1.96. The maximum absolute atomic E-state index is 10.1. The van der Waals surface area contributed by atoms with Crippen LogP contribution in [0.4, 0.5) is 11.4 Å². The van der Waals surface area contributed by atoms with Gasteiger partial charge >= 0.3 is 0 Å². The molecule has 0 amide bonds. The monoisotopic (exact) mass is 204 g/mol. The van der Waals surface area contributed by atoms with E-state index in [1.165, 1.54) is 6.07 Å². The molecule has 6 heteroatoms. The Morgan fingerprint density at radius 2 is 1.33 bits per heavy atom.